The third kappa shape index (κ3) is 3.74. The molecular weight excluding hydrogens is 298 g/mol. The first kappa shape index (κ1) is 15.3. The zero-order valence-electron chi connectivity index (χ0n) is 10.9. The fourth-order valence-corrected chi connectivity index (χ4v) is 4.11. The average molecular weight is 314 g/mol. The number of benzene rings is 1. The number of nitrogens with one attached hydrogen (secondary N) is 1. The first-order valence-electron chi connectivity index (χ1n) is 6.44. The van der Waals surface area contributed by atoms with Crippen molar-refractivity contribution in [2.75, 3.05) is 6.61 Å². The maximum Gasteiger partial charge on any atom is 0.242 e. The van der Waals surface area contributed by atoms with Gasteiger partial charge in [-0.05, 0) is 31.0 Å². The van der Waals surface area contributed by atoms with E-state index in [4.69, 9.17) is 16.7 Å². The fraction of sp³-hybridized carbons (Fsp3) is 0.429. The van der Waals surface area contributed by atoms with E-state index in [1.807, 2.05) is 0 Å². The maximum absolute atomic E-state index is 12.3. The summed E-state index contributed by atoms with van der Waals surface area (Å²) in [6.07, 6.45) is 3.85. The highest BCUT2D eigenvalue weighted by molar-refractivity contribution is 7.89. The zero-order chi connectivity index (χ0) is 14.6. The normalized spacial score (nSPS) is 15.9. The van der Waals surface area contributed by atoms with Crippen molar-refractivity contribution in [1.29, 1.82) is 0 Å². The highest BCUT2D eigenvalue weighted by Gasteiger charge is 2.24. The Bertz CT molecular complexity index is 640. The molecule has 1 aromatic rings. The molecule has 0 amide bonds. The molecule has 1 fully saturated rings. The summed E-state index contributed by atoms with van der Waals surface area (Å²) in [5.74, 6) is 5.18. The second kappa shape index (κ2) is 6.59. The highest BCUT2D eigenvalue weighted by atomic mass is 35.5. The number of rotatable bonds is 3. The van der Waals surface area contributed by atoms with Crippen molar-refractivity contribution in [2.24, 2.45) is 0 Å². The van der Waals surface area contributed by atoms with Crippen LogP contribution in [-0.4, -0.2) is 26.2 Å². The predicted molar refractivity (Wildman–Crippen MR) is 78.0 cm³/mol. The van der Waals surface area contributed by atoms with E-state index in [0.717, 1.165) is 25.7 Å². The Balaban J connectivity index is 2.23. The number of aliphatic hydroxyl groups is 1. The van der Waals surface area contributed by atoms with Gasteiger partial charge in [-0.1, -0.05) is 36.3 Å². The minimum absolute atomic E-state index is 0.00456. The van der Waals surface area contributed by atoms with Crippen LogP contribution >= 0.6 is 11.6 Å². The van der Waals surface area contributed by atoms with Gasteiger partial charge >= 0.3 is 0 Å². The first-order chi connectivity index (χ1) is 9.53. The van der Waals surface area contributed by atoms with Crippen LogP contribution < -0.4 is 4.72 Å². The van der Waals surface area contributed by atoms with Crippen LogP contribution in [0.3, 0.4) is 0 Å². The van der Waals surface area contributed by atoms with Crippen LogP contribution in [0.2, 0.25) is 5.02 Å². The number of sulfonamides is 1. The Morgan fingerprint density at radius 2 is 2.05 bits per heavy atom. The highest BCUT2D eigenvalue weighted by Crippen LogP contribution is 2.25. The summed E-state index contributed by atoms with van der Waals surface area (Å²) in [5.41, 5.74) is 0.573. The molecule has 0 atom stereocenters. The second-order valence-electron chi connectivity index (χ2n) is 4.71. The van der Waals surface area contributed by atoms with Gasteiger partial charge in [0.15, 0.2) is 0 Å². The number of halogens is 1. The van der Waals surface area contributed by atoms with Crippen molar-refractivity contribution in [3.05, 3.63) is 28.8 Å². The van der Waals surface area contributed by atoms with Crippen molar-refractivity contribution < 1.29 is 13.5 Å². The minimum atomic E-state index is -3.59. The molecule has 6 heteroatoms. The largest absolute Gasteiger partial charge is 0.384 e. The monoisotopic (exact) mass is 313 g/mol. The van der Waals surface area contributed by atoms with Crippen LogP contribution in [0.5, 0.6) is 0 Å². The van der Waals surface area contributed by atoms with E-state index < -0.39 is 10.0 Å². The summed E-state index contributed by atoms with van der Waals surface area (Å²) in [5, 5.41) is 8.77. The van der Waals surface area contributed by atoms with Crippen molar-refractivity contribution >= 4 is 21.6 Å². The lowest BCUT2D eigenvalue weighted by Crippen LogP contribution is -2.32. The molecule has 108 valence electrons. The summed E-state index contributed by atoms with van der Waals surface area (Å²) < 4.78 is 27.2. The Labute approximate surface area is 124 Å². The van der Waals surface area contributed by atoms with E-state index in [0.29, 0.717) is 5.56 Å². The Morgan fingerprint density at radius 1 is 1.35 bits per heavy atom. The SMILES string of the molecule is O=S(=O)(NC1CCCC1)c1ccc(C#CCO)cc1Cl. The van der Waals surface area contributed by atoms with Crippen LogP contribution in [0.15, 0.2) is 23.1 Å². The van der Waals surface area contributed by atoms with Crippen molar-refractivity contribution in [3.8, 4) is 11.8 Å². The maximum atomic E-state index is 12.3. The smallest absolute Gasteiger partial charge is 0.242 e. The van der Waals surface area contributed by atoms with E-state index in [1.54, 1.807) is 6.07 Å². The molecule has 0 heterocycles. The lowest BCUT2D eigenvalue weighted by Gasteiger charge is -2.13. The van der Waals surface area contributed by atoms with E-state index in [-0.39, 0.29) is 22.6 Å². The van der Waals surface area contributed by atoms with Crippen LogP contribution in [0.4, 0.5) is 0 Å². The molecule has 1 aromatic carbocycles. The van der Waals surface area contributed by atoms with Crippen LogP contribution in [0.25, 0.3) is 0 Å². The Kier molecular flexibility index (Phi) is 5.06. The molecule has 0 unspecified atom stereocenters. The molecule has 4 nitrogen and oxygen atoms in total. The third-order valence-corrected chi connectivity index (χ3v) is 5.21. The summed E-state index contributed by atoms with van der Waals surface area (Å²) in [7, 11) is -3.59. The molecular formula is C14H16ClNO3S. The quantitative estimate of drug-likeness (QED) is 0.838. The summed E-state index contributed by atoms with van der Waals surface area (Å²) >= 11 is 6.03. The van der Waals surface area contributed by atoms with Crippen molar-refractivity contribution in [3.63, 3.8) is 0 Å². The molecule has 0 spiro atoms. The lowest BCUT2D eigenvalue weighted by atomic mass is 10.2. The molecule has 2 N–H and O–H groups in total. The van der Waals surface area contributed by atoms with E-state index >= 15 is 0 Å². The standard InChI is InChI=1S/C14H16ClNO3S/c15-13-10-11(4-3-9-17)7-8-14(13)20(18,19)16-12-5-1-2-6-12/h7-8,10,12,16-17H,1-2,5-6,9H2. The number of hydrogen-bond acceptors (Lipinski definition) is 3. The van der Waals surface area contributed by atoms with Gasteiger partial charge in [0, 0.05) is 11.6 Å². The second-order valence-corrected chi connectivity index (χ2v) is 6.80. The molecule has 2 rings (SSSR count). The molecule has 0 saturated heterocycles. The van der Waals surface area contributed by atoms with Crippen molar-refractivity contribution in [2.45, 2.75) is 36.6 Å². The van der Waals surface area contributed by atoms with E-state index in [9.17, 15) is 8.42 Å². The average Bonchev–Trinajstić information content (AvgIpc) is 2.88. The van der Waals surface area contributed by atoms with Crippen LogP contribution in [0, 0.1) is 11.8 Å². The van der Waals surface area contributed by atoms with Gasteiger partial charge in [0.05, 0.1) is 5.02 Å². The predicted octanol–water partition coefficient (Wildman–Crippen LogP) is 1.90. The Hall–Kier alpha value is -1.06. The topological polar surface area (TPSA) is 66.4 Å². The molecule has 0 aliphatic heterocycles. The van der Waals surface area contributed by atoms with E-state index in [2.05, 4.69) is 16.6 Å². The van der Waals surface area contributed by atoms with Gasteiger partial charge in [0.25, 0.3) is 0 Å². The van der Waals surface area contributed by atoms with Gasteiger partial charge in [-0.15, -0.1) is 0 Å². The van der Waals surface area contributed by atoms with E-state index in [1.165, 1.54) is 12.1 Å². The first-order valence-corrected chi connectivity index (χ1v) is 8.30. The van der Waals surface area contributed by atoms with Gasteiger partial charge < -0.3 is 5.11 Å². The van der Waals surface area contributed by atoms with Crippen LogP contribution in [-0.2, 0) is 10.0 Å². The molecule has 1 saturated carbocycles. The summed E-state index contributed by atoms with van der Waals surface area (Å²) in [4.78, 5) is 0.0700. The van der Waals surface area contributed by atoms with Gasteiger partial charge in [-0.2, -0.15) is 0 Å². The lowest BCUT2D eigenvalue weighted by molar-refractivity contribution is 0.350. The Morgan fingerprint density at radius 3 is 2.65 bits per heavy atom. The summed E-state index contributed by atoms with van der Waals surface area (Å²) in [6, 6.07) is 4.52. The molecule has 1 aliphatic rings. The molecule has 0 radical (unpaired) electrons. The van der Waals surface area contributed by atoms with Crippen molar-refractivity contribution in [1.82, 2.24) is 4.72 Å². The van der Waals surface area contributed by atoms with Gasteiger partial charge in [0.2, 0.25) is 10.0 Å². The van der Waals surface area contributed by atoms with Gasteiger partial charge in [0.1, 0.15) is 11.5 Å². The third-order valence-electron chi connectivity index (χ3n) is 3.21. The molecule has 0 bridgehead atoms. The molecule has 0 aromatic heterocycles. The fourth-order valence-electron chi connectivity index (χ4n) is 2.26. The van der Waals surface area contributed by atoms with Gasteiger partial charge in [-0.3, -0.25) is 0 Å². The number of aliphatic hydroxyl groups excluding tert-OH is 1. The zero-order valence-corrected chi connectivity index (χ0v) is 12.5. The minimum Gasteiger partial charge on any atom is -0.384 e. The molecule has 20 heavy (non-hydrogen) atoms. The summed E-state index contributed by atoms with van der Waals surface area (Å²) in [6.45, 7) is -0.249. The van der Waals surface area contributed by atoms with Crippen LogP contribution in [0.1, 0.15) is 31.2 Å². The molecule has 1 aliphatic carbocycles. The number of hydrogen-bond donors (Lipinski definition) is 2. The van der Waals surface area contributed by atoms with Gasteiger partial charge in [-0.25, -0.2) is 13.1 Å².